The summed E-state index contributed by atoms with van der Waals surface area (Å²) in [5, 5.41) is 18.1. The highest BCUT2D eigenvalue weighted by atomic mass is 35.5. The molecule has 0 unspecified atom stereocenters. The van der Waals surface area contributed by atoms with Crippen molar-refractivity contribution in [3.63, 3.8) is 0 Å². The van der Waals surface area contributed by atoms with Crippen molar-refractivity contribution >= 4 is 45.1 Å². The number of hydrogen-bond acceptors (Lipinski definition) is 5. The van der Waals surface area contributed by atoms with E-state index in [1.807, 2.05) is 0 Å². The highest BCUT2D eigenvalue weighted by Gasteiger charge is 2.24. The first-order valence-electron chi connectivity index (χ1n) is 7.50. The Morgan fingerprint density at radius 3 is 2.63 bits per heavy atom. The highest BCUT2D eigenvalue weighted by molar-refractivity contribution is 7.95. The average Bonchev–Trinajstić information content (AvgIpc) is 2.61. The van der Waals surface area contributed by atoms with Crippen LogP contribution in [0.1, 0.15) is 12.0 Å². The maximum atomic E-state index is 12.7. The Labute approximate surface area is 166 Å². The molecule has 2 rings (SSSR count). The largest absolute Gasteiger partial charge is 0.493 e. The zero-order chi connectivity index (χ0) is 20.0. The summed E-state index contributed by atoms with van der Waals surface area (Å²) in [5.74, 6) is -0.650. The number of aliphatic carboxylic acids is 1. The number of carboxylic acid groups (broad SMARTS) is 1. The van der Waals surface area contributed by atoms with E-state index in [-0.39, 0.29) is 28.0 Å². The smallest absolute Gasteiger partial charge is 0.306 e. The first kappa shape index (κ1) is 20.8. The van der Waals surface area contributed by atoms with Crippen LogP contribution in [0.3, 0.4) is 0 Å². The van der Waals surface area contributed by atoms with Crippen molar-refractivity contribution in [3.8, 4) is 11.8 Å². The molecule has 0 aliphatic heterocycles. The van der Waals surface area contributed by atoms with Gasteiger partial charge in [-0.25, -0.2) is 8.42 Å². The van der Waals surface area contributed by atoms with Gasteiger partial charge in [0.1, 0.15) is 16.7 Å². The molecule has 0 fully saturated rings. The molecule has 6 nitrogen and oxygen atoms in total. The molecule has 0 radical (unpaired) electrons. The first-order chi connectivity index (χ1) is 12.7. The molecule has 0 saturated carbocycles. The minimum Gasteiger partial charge on any atom is -0.493 e. The third-order valence-electron chi connectivity index (χ3n) is 3.32. The normalized spacial score (nSPS) is 11.7. The molecule has 1 N–H and O–H groups in total. The zero-order valence-corrected chi connectivity index (χ0v) is 16.1. The molecule has 0 amide bonds. The second-order valence-corrected chi connectivity index (χ2v) is 7.99. The number of ether oxygens (including phenoxy) is 1. The Bertz CT molecular complexity index is 1040. The molecule has 27 heavy (non-hydrogen) atoms. The minimum absolute atomic E-state index is 0.0377. The quantitative estimate of drug-likeness (QED) is 0.666. The van der Waals surface area contributed by atoms with E-state index in [1.54, 1.807) is 24.3 Å². The number of carbonyl (C=O) groups is 1. The number of allylic oxidation sites excluding steroid dienone is 1. The number of sulfone groups is 1. The maximum Gasteiger partial charge on any atom is 0.306 e. The fraction of sp³-hybridized carbons (Fsp3) is 0.111. The molecule has 0 saturated heterocycles. The van der Waals surface area contributed by atoms with Crippen LogP contribution in [0.5, 0.6) is 5.75 Å². The minimum atomic E-state index is -4.18. The van der Waals surface area contributed by atoms with Gasteiger partial charge >= 0.3 is 5.97 Å². The van der Waals surface area contributed by atoms with Gasteiger partial charge in [-0.15, -0.1) is 0 Å². The SMILES string of the molecule is N#C/C(=C/c1cccc(OCCC(=O)O)c1)S(=O)(=O)c1cc(Cl)ccc1Cl. The second kappa shape index (κ2) is 8.91. The standard InChI is InChI=1S/C18H13Cl2NO5S/c19-13-4-5-16(20)17(10-13)27(24,25)15(11-21)9-12-2-1-3-14(8-12)26-7-6-18(22)23/h1-5,8-10H,6-7H2,(H,22,23)/b15-9-. The van der Waals surface area contributed by atoms with Crippen LogP contribution in [0, 0.1) is 11.3 Å². The van der Waals surface area contributed by atoms with Crippen molar-refractivity contribution in [2.75, 3.05) is 6.61 Å². The molecule has 0 heterocycles. The van der Waals surface area contributed by atoms with E-state index in [0.717, 1.165) is 0 Å². The van der Waals surface area contributed by atoms with Crippen molar-refractivity contribution in [3.05, 3.63) is 63.0 Å². The second-order valence-electron chi connectivity index (χ2n) is 5.26. The molecule has 0 bridgehead atoms. The lowest BCUT2D eigenvalue weighted by Crippen LogP contribution is -2.05. The molecule has 9 heteroatoms. The number of halogens is 2. The topological polar surface area (TPSA) is 104 Å². The fourth-order valence-corrected chi connectivity index (χ4v) is 3.99. The average molecular weight is 426 g/mol. The third kappa shape index (κ3) is 5.47. The first-order valence-corrected chi connectivity index (χ1v) is 9.74. The van der Waals surface area contributed by atoms with Crippen LogP contribution in [-0.2, 0) is 14.6 Å². The van der Waals surface area contributed by atoms with Gasteiger partial charge < -0.3 is 9.84 Å². The Morgan fingerprint density at radius 1 is 1.22 bits per heavy atom. The maximum absolute atomic E-state index is 12.7. The molecule has 0 aliphatic carbocycles. The van der Waals surface area contributed by atoms with Gasteiger partial charge in [0.25, 0.3) is 0 Å². The van der Waals surface area contributed by atoms with Gasteiger partial charge in [-0.2, -0.15) is 5.26 Å². The zero-order valence-electron chi connectivity index (χ0n) is 13.7. The summed E-state index contributed by atoms with van der Waals surface area (Å²) in [5.41, 5.74) is 0.390. The van der Waals surface area contributed by atoms with Gasteiger partial charge in [0.15, 0.2) is 0 Å². The van der Waals surface area contributed by atoms with Crippen molar-refractivity contribution in [2.24, 2.45) is 0 Å². The van der Waals surface area contributed by atoms with Crippen molar-refractivity contribution in [2.45, 2.75) is 11.3 Å². The molecular formula is C18H13Cl2NO5S. The molecular weight excluding hydrogens is 413 g/mol. The van der Waals surface area contributed by atoms with Crippen LogP contribution >= 0.6 is 23.2 Å². The lowest BCUT2D eigenvalue weighted by molar-refractivity contribution is -0.137. The van der Waals surface area contributed by atoms with Gasteiger partial charge in [-0.1, -0.05) is 35.3 Å². The summed E-state index contributed by atoms with van der Waals surface area (Å²) in [6, 6.07) is 11.9. The van der Waals surface area contributed by atoms with E-state index in [0.29, 0.717) is 11.3 Å². The summed E-state index contributed by atoms with van der Waals surface area (Å²) in [6.07, 6.45) is 1.00. The van der Waals surface area contributed by atoms with E-state index < -0.39 is 20.7 Å². The van der Waals surface area contributed by atoms with Crippen LogP contribution in [0.4, 0.5) is 0 Å². The number of nitriles is 1. The molecule has 2 aromatic rings. The Morgan fingerprint density at radius 2 is 1.96 bits per heavy atom. The monoisotopic (exact) mass is 425 g/mol. The van der Waals surface area contributed by atoms with E-state index >= 15 is 0 Å². The summed E-state index contributed by atoms with van der Waals surface area (Å²) in [7, 11) is -4.18. The number of benzene rings is 2. The third-order valence-corrected chi connectivity index (χ3v) is 5.70. The van der Waals surface area contributed by atoms with Gasteiger partial charge in [0, 0.05) is 5.02 Å². The highest BCUT2D eigenvalue weighted by Crippen LogP contribution is 2.30. The summed E-state index contributed by atoms with van der Waals surface area (Å²) < 4.78 is 30.8. The van der Waals surface area contributed by atoms with Crippen molar-refractivity contribution < 1.29 is 23.1 Å². The predicted molar refractivity (Wildman–Crippen MR) is 101 cm³/mol. The van der Waals surface area contributed by atoms with E-state index in [2.05, 4.69) is 0 Å². The van der Waals surface area contributed by atoms with Crippen LogP contribution in [0.25, 0.3) is 6.08 Å². The number of rotatable bonds is 7. The molecule has 0 aromatic heterocycles. The summed E-state index contributed by atoms with van der Waals surface area (Å²) >= 11 is 11.8. The summed E-state index contributed by atoms with van der Waals surface area (Å²) in [6.45, 7) is -0.0377. The van der Waals surface area contributed by atoms with Gasteiger partial charge in [-0.3, -0.25) is 4.79 Å². The van der Waals surface area contributed by atoms with Crippen LogP contribution in [0.15, 0.2) is 52.3 Å². The van der Waals surface area contributed by atoms with E-state index in [9.17, 15) is 18.5 Å². The van der Waals surface area contributed by atoms with Crippen molar-refractivity contribution in [1.29, 1.82) is 5.26 Å². The number of nitrogens with zero attached hydrogens (tertiary/aromatic N) is 1. The van der Waals surface area contributed by atoms with Gasteiger partial charge in [-0.05, 0) is 42.0 Å². The van der Waals surface area contributed by atoms with Crippen LogP contribution in [0.2, 0.25) is 10.0 Å². The van der Waals surface area contributed by atoms with Crippen molar-refractivity contribution in [1.82, 2.24) is 0 Å². The number of hydrogen-bond donors (Lipinski definition) is 1. The van der Waals surface area contributed by atoms with Gasteiger partial charge in [0.2, 0.25) is 9.84 Å². The Balaban J connectivity index is 2.37. The van der Waals surface area contributed by atoms with Gasteiger partial charge in [0.05, 0.1) is 22.9 Å². The molecule has 140 valence electrons. The Hall–Kier alpha value is -2.53. The summed E-state index contributed by atoms with van der Waals surface area (Å²) in [4.78, 5) is 9.74. The number of carboxylic acids is 1. The van der Waals surface area contributed by atoms with E-state index in [1.165, 1.54) is 30.3 Å². The van der Waals surface area contributed by atoms with Crippen LogP contribution in [-0.4, -0.2) is 26.1 Å². The lowest BCUT2D eigenvalue weighted by atomic mass is 10.2. The van der Waals surface area contributed by atoms with Crippen LogP contribution < -0.4 is 4.74 Å². The molecule has 0 aliphatic rings. The molecule has 0 spiro atoms. The molecule has 0 atom stereocenters. The fourth-order valence-electron chi connectivity index (χ4n) is 2.07. The van der Waals surface area contributed by atoms with E-state index in [4.69, 9.17) is 33.0 Å². The molecule has 2 aromatic carbocycles. The lowest BCUT2D eigenvalue weighted by Gasteiger charge is -2.07. The predicted octanol–water partition coefficient (Wildman–Crippen LogP) is 4.19. The Kier molecular flexibility index (Phi) is 6.86.